The van der Waals surface area contributed by atoms with E-state index in [0.717, 1.165) is 55.1 Å². The quantitative estimate of drug-likeness (QED) is 0.331. The standard InChI is InChI=1S/C27H34N4O3S/c28-26(29)23-5-1-21(2-6-23)22-3-7-24(8-4-22)27(33)31-11-9-20(10-12-31)19-25(32)34-16-13-30-14-17-35-18-15-30/h1-8,20H,9-19H2,(H3,28,29). The lowest BCUT2D eigenvalue weighted by molar-refractivity contribution is -0.145. The molecule has 2 aliphatic rings. The molecule has 2 aromatic rings. The molecule has 1 amide bonds. The molecule has 0 unspecified atom stereocenters. The van der Waals surface area contributed by atoms with E-state index in [1.165, 1.54) is 0 Å². The first kappa shape index (κ1) is 25.3. The fourth-order valence-corrected chi connectivity index (χ4v) is 5.56. The van der Waals surface area contributed by atoms with E-state index in [1.54, 1.807) is 0 Å². The van der Waals surface area contributed by atoms with Crippen LogP contribution in [-0.2, 0) is 9.53 Å². The van der Waals surface area contributed by atoms with Crippen molar-refractivity contribution in [2.45, 2.75) is 19.3 Å². The fourth-order valence-electron chi connectivity index (χ4n) is 4.58. The summed E-state index contributed by atoms with van der Waals surface area (Å²) in [6, 6.07) is 15.1. The van der Waals surface area contributed by atoms with Crippen molar-refractivity contribution in [2.75, 3.05) is 50.8 Å². The number of piperidine rings is 1. The highest BCUT2D eigenvalue weighted by molar-refractivity contribution is 7.99. The van der Waals surface area contributed by atoms with Gasteiger partial charge in [0.1, 0.15) is 12.4 Å². The molecule has 2 fully saturated rings. The normalized spacial score (nSPS) is 17.2. The zero-order chi connectivity index (χ0) is 24.6. The van der Waals surface area contributed by atoms with E-state index in [4.69, 9.17) is 15.9 Å². The van der Waals surface area contributed by atoms with Crippen LogP contribution in [0.1, 0.15) is 35.2 Å². The van der Waals surface area contributed by atoms with Gasteiger partial charge in [-0.25, -0.2) is 0 Å². The van der Waals surface area contributed by atoms with Gasteiger partial charge in [-0.05, 0) is 42.0 Å². The summed E-state index contributed by atoms with van der Waals surface area (Å²) < 4.78 is 5.47. The van der Waals surface area contributed by atoms with Crippen molar-refractivity contribution < 1.29 is 14.3 Å². The zero-order valence-electron chi connectivity index (χ0n) is 20.1. The summed E-state index contributed by atoms with van der Waals surface area (Å²) in [5.41, 5.74) is 8.90. The number of carbonyl (C=O) groups is 2. The van der Waals surface area contributed by atoms with Gasteiger partial charge in [0.2, 0.25) is 0 Å². The second-order valence-corrected chi connectivity index (χ2v) is 10.4. The summed E-state index contributed by atoms with van der Waals surface area (Å²) in [4.78, 5) is 29.5. The van der Waals surface area contributed by atoms with Gasteiger partial charge in [-0.2, -0.15) is 11.8 Å². The molecule has 7 nitrogen and oxygen atoms in total. The highest BCUT2D eigenvalue weighted by Crippen LogP contribution is 2.24. The molecule has 3 N–H and O–H groups in total. The number of benzene rings is 2. The number of rotatable bonds is 8. The summed E-state index contributed by atoms with van der Waals surface area (Å²) in [7, 11) is 0. The largest absolute Gasteiger partial charge is 0.464 e. The molecule has 8 heteroatoms. The Kier molecular flexibility index (Phi) is 8.82. The van der Waals surface area contributed by atoms with Gasteiger partial charge in [-0.1, -0.05) is 36.4 Å². The highest BCUT2D eigenvalue weighted by Gasteiger charge is 2.25. The molecule has 35 heavy (non-hydrogen) atoms. The van der Waals surface area contributed by atoms with Crippen LogP contribution in [0.3, 0.4) is 0 Å². The molecule has 2 saturated heterocycles. The monoisotopic (exact) mass is 494 g/mol. The predicted molar refractivity (Wildman–Crippen MR) is 141 cm³/mol. The van der Waals surface area contributed by atoms with E-state index < -0.39 is 0 Å². The molecule has 0 bridgehead atoms. The molecule has 0 aliphatic carbocycles. The second-order valence-electron chi connectivity index (χ2n) is 9.18. The molecular formula is C27H34N4O3S. The molecule has 186 valence electrons. The number of esters is 1. The van der Waals surface area contributed by atoms with Gasteiger partial charge in [0, 0.05) is 61.8 Å². The number of amidine groups is 1. The average Bonchev–Trinajstić information content (AvgIpc) is 2.89. The van der Waals surface area contributed by atoms with Crippen molar-refractivity contribution >= 4 is 29.5 Å². The number of nitrogens with one attached hydrogen (secondary N) is 1. The number of amides is 1. The Balaban J connectivity index is 1.20. The Hall–Kier alpha value is -2.84. The summed E-state index contributed by atoms with van der Waals surface area (Å²) in [5, 5.41) is 7.50. The minimum absolute atomic E-state index is 0.0317. The van der Waals surface area contributed by atoms with Crippen molar-refractivity contribution in [3.63, 3.8) is 0 Å². The minimum atomic E-state index is -0.118. The van der Waals surface area contributed by atoms with Gasteiger partial charge < -0.3 is 15.4 Å². The summed E-state index contributed by atoms with van der Waals surface area (Å²) >= 11 is 1.98. The number of nitrogens with two attached hydrogens (primary N) is 1. The van der Waals surface area contributed by atoms with E-state index >= 15 is 0 Å². The van der Waals surface area contributed by atoms with Gasteiger partial charge in [-0.3, -0.25) is 19.9 Å². The molecule has 0 radical (unpaired) electrons. The first-order valence-electron chi connectivity index (χ1n) is 12.3. The van der Waals surface area contributed by atoms with Crippen molar-refractivity contribution in [2.24, 2.45) is 11.7 Å². The van der Waals surface area contributed by atoms with Crippen LogP contribution in [0, 0.1) is 11.3 Å². The fraction of sp³-hybridized carbons (Fsp3) is 0.444. The summed E-state index contributed by atoms with van der Waals surface area (Å²) in [6.45, 7) is 4.77. The Morgan fingerprint density at radius 2 is 1.49 bits per heavy atom. The van der Waals surface area contributed by atoms with Crippen LogP contribution < -0.4 is 5.73 Å². The van der Waals surface area contributed by atoms with Crippen LogP contribution in [-0.4, -0.2) is 78.3 Å². The Bertz CT molecular complexity index is 1010. The third-order valence-corrected chi connectivity index (χ3v) is 7.73. The number of hydrogen-bond donors (Lipinski definition) is 2. The zero-order valence-corrected chi connectivity index (χ0v) is 20.9. The van der Waals surface area contributed by atoms with Crippen molar-refractivity contribution in [1.29, 1.82) is 5.41 Å². The SMILES string of the molecule is N=C(N)c1ccc(-c2ccc(C(=O)N3CCC(CC(=O)OCCN4CCSCC4)CC3)cc2)cc1. The van der Waals surface area contributed by atoms with Gasteiger partial charge in [0.25, 0.3) is 5.91 Å². The molecule has 0 saturated carbocycles. The van der Waals surface area contributed by atoms with Crippen LogP contribution in [0.5, 0.6) is 0 Å². The number of likely N-dealkylation sites (tertiary alicyclic amines) is 1. The number of hydrogen-bond acceptors (Lipinski definition) is 6. The van der Waals surface area contributed by atoms with Crippen LogP contribution >= 0.6 is 11.8 Å². The third-order valence-electron chi connectivity index (χ3n) is 6.79. The maximum absolute atomic E-state index is 13.0. The van der Waals surface area contributed by atoms with E-state index in [9.17, 15) is 9.59 Å². The van der Waals surface area contributed by atoms with Crippen LogP contribution in [0.15, 0.2) is 48.5 Å². The van der Waals surface area contributed by atoms with Crippen LogP contribution in [0.25, 0.3) is 11.1 Å². The van der Waals surface area contributed by atoms with Gasteiger partial charge in [0.05, 0.1) is 0 Å². The Morgan fingerprint density at radius 1 is 0.914 bits per heavy atom. The average molecular weight is 495 g/mol. The Labute approximate surface area is 211 Å². The molecule has 0 aromatic heterocycles. The second kappa shape index (κ2) is 12.2. The molecule has 0 atom stereocenters. The topological polar surface area (TPSA) is 99.7 Å². The number of nitrogen functional groups attached to an aromatic ring is 1. The van der Waals surface area contributed by atoms with Gasteiger partial charge in [0.15, 0.2) is 0 Å². The number of nitrogens with zero attached hydrogens (tertiary/aromatic N) is 2. The molecule has 0 spiro atoms. The van der Waals surface area contributed by atoms with Crippen molar-refractivity contribution in [1.82, 2.24) is 9.80 Å². The lowest BCUT2D eigenvalue weighted by Gasteiger charge is -2.31. The molecule has 4 rings (SSSR count). The number of thioether (sulfide) groups is 1. The first-order valence-corrected chi connectivity index (χ1v) is 13.4. The van der Waals surface area contributed by atoms with Gasteiger partial charge in [-0.15, -0.1) is 0 Å². The molecule has 2 heterocycles. The third kappa shape index (κ3) is 7.08. The molecular weight excluding hydrogens is 460 g/mol. The molecule has 2 aromatic carbocycles. The summed E-state index contributed by atoms with van der Waals surface area (Å²) in [5.74, 6) is 2.55. The van der Waals surface area contributed by atoms with Crippen molar-refractivity contribution in [3.8, 4) is 11.1 Å². The minimum Gasteiger partial charge on any atom is -0.464 e. The lowest BCUT2D eigenvalue weighted by Crippen LogP contribution is -2.39. The lowest BCUT2D eigenvalue weighted by atomic mass is 9.93. The van der Waals surface area contributed by atoms with Crippen LogP contribution in [0.4, 0.5) is 0 Å². The smallest absolute Gasteiger partial charge is 0.306 e. The maximum Gasteiger partial charge on any atom is 0.306 e. The van der Waals surface area contributed by atoms with Gasteiger partial charge >= 0.3 is 5.97 Å². The maximum atomic E-state index is 13.0. The first-order chi connectivity index (χ1) is 17.0. The van der Waals surface area contributed by atoms with E-state index in [1.807, 2.05) is 65.2 Å². The predicted octanol–water partition coefficient (Wildman–Crippen LogP) is 3.47. The number of ether oxygens (including phenoxy) is 1. The highest BCUT2D eigenvalue weighted by atomic mass is 32.2. The van der Waals surface area contributed by atoms with E-state index in [0.29, 0.717) is 37.2 Å². The molecule has 2 aliphatic heterocycles. The van der Waals surface area contributed by atoms with Crippen molar-refractivity contribution in [3.05, 3.63) is 59.7 Å². The van der Waals surface area contributed by atoms with E-state index in [-0.39, 0.29) is 23.6 Å². The Morgan fingerprint density at radius 3 is 2.06 bits per heavy atom. The number of carbonyl (C=O) groups excluding carboxylic acids is 2. The summed E-state index contributed by atoms with van der Waals surface area (Å²) in [6.07, 6.45) is 2.09. The van der Waals surface area contributed by atoms with E-state index in [2.05, 4.69) is 4.90 Å². The van der Waals surface area contributed by atoms with Crippen LogP contribution in [0.2, 0.25) is 0 Å².